The summed E-state index contributed by atoms with van der Waals surface area (Å²) >= 11 is 0. The quantitative estimate of drug-likeness (QED) is 0.291. The Morgan fingerprint density at radius 3 is 2.47 bits per heavy atom. The molecular weight excluding hydrogens is 456 g/mol. The minimum absolute atomic E-state index is 0. The summed E-state index contributed by atoms with van der Waals surface area (Å²) < 4.78 is 32.1. The Kier molecular flexibility index (Phi) is 15.6. The van der Waals surface area contributed by atoms with E-state index in [1.807, 2.05) is 19.1 Å². The molecule has 10 heteroatoms. The summed E-state index contributed by atoms with van der Waals surface area (Å²) in [7, 11) is -3.60. The van der Waals surface area contributed by atoms with Gasteiger partial charge in [-0.05, 0) is 75.2 Å². The zero-order chi connectivity index (χ0) is 21.8. The molecule has 1 atom stereocenters. The molecule has 1 aromatic carbocycles. The van der Waals surface area contributed by atoms with Crippen molar-refractivity contribution in [3.05, 3.63) is 29.8 Å². The first-order valence-corrected chi connectivity index (χ1v) is 12.7. The van der Waals surface area contributed by atoms with Crippen LogP contribution in [-0.2, 0) is 21.2 Å². The van der Waals surface area contributed by atoms with Crippen LogP contribution in [0.4, 0.5) is 0 Å². The van der Waals surface area contributed by atoms with Crippen molar-refractivity contribution in [2.75, 3.05) is 25.4 Å². The number of hydrogen-bond acceptors (Lipinski definition) is 5. The fourth-order valence-electron chi connectivity index (χ4n) is 3.64. The van der Waals surface area contributed by atoms with Gasteiger partial charge in [0.05, 0.1) is 12.4 Å². The molecular formula is C22H39ClN2O6S. The molecule has 1 unspecified atom stereocenters. The van der Waals surface area contributed by atoms with E-state index in [0.717, 1.165) is 43.2 Å². The maximum absolute atomic E-state index is 12.0. The zero-order valence-electron chi connectivity index (χ0n) is 19.8. The van der Waals surface area contributed by atoms with Crippen molar-refractivity contribution in [3.8, 4) is 5.75 Å². The molecule has 0 saturated carbocycles. The molecule has 1 fully saturated rings. The number of ether oxygens (including phenoxy) is 1. The van der Waals surface area contributed by atoms with Gasteiger partial charge in [-0.2, -0.15) is 0 Å². The van der Waals surface area contributed by atoms with Gasteiger partial charge in [0.2, 0.25) is 10.0 Å². The second kappa shape index (κ2) is 16.3. The number of aliphatic carboxylic acids is 1. The summed E-state index contributed by atoms with van der Waals surface area (Å²) in [6.07, 6.45) is 7.33. The topological polar surface area (TPSA) is 136 Å². The lowest BCUT2D eigenvalue weighted by molar-refractivity contribution is -0.138. The summed E-state index contributed by atoms with van der Waals surface area (Å²) in [5, 5.41) is 12.8. The van der Waals surface area contributed by atoms with E-state index in [-0.39, 0.29) is 31.5 Å². The largest absolute Gasteiger partial charge is 1.00 e. The van der Waals surface area contributed by atoms with Crippen molar-refractivity contribution >= 4 is 16.0 Å². The predicted octanol–water partition coefficient (Wildman–Crippen LogP) is -0.758. The fraction of sp³-hybridized carbons (Fsp3) is 0.682. The van der Waals surface area contributed by atoms with Crippen LogP contribution >= 0.6 is 0 Å². The first-order valence-electron chi connectivity index (χ1n) is 11.0. The smallest absolute Gasteiger partial charge is 1.00 e. The van der Waals surface area contributed by atoms with Gasteiger partial charge in [0, 0.05) is 0 Å². The summed E-state index contributed by atoms with van der Waals surface area (Å²) in [5.41, 5.74) is 0.749. The molecule has 8 nitrogen and oxygen atoms in total. The van der Waals surface area contributed by atoms with Gasteiger partial charge in [-0.15, -0.1) is 0 Å². The molecule has 0 bridgehead atoms. The third-order valence-corrected chi connectivity index (χ3v) is 6.95. The van der Waals surface area contributed by atoms with Gasteiger partial charge in [-0.1, -0.05) is 31.9 Å². The van der Waals surface area contributed by atoms with Crippen LogP contribution < -0.4 is 27.2 Å². The summed E-state index contributed by atoms with van der Waals surface area (Å²) in [5.74, 6) is 0.352. The van der Waals surface area contributed by atoms with Crippen LogP contribution in [0, 0.1) is 5.92 Å². The molecule has 1 heterocycles. The molecule has 0 aromatic heterocycles. The van der Waals surface area contributed by atoms with Gasteiger partial charge >= 0.3 is 7.40 Å². The normalized spacial score (nSPS) is 15.3. The van der Waals surface area contributed by atoms with Crippen LogP contribution in [0.2, 0.25) is 0 Å². The third kappa shape index (κ3) is 12.0. The van der Waals surface area contributed by atoms with E-state index in [4.69, 9.17) is 4.74 Å². The van der Waals surface area contributed by atoms with E-state index in [9.17, 15) is 18.3 Å². The lowest BCUT2D eigenvalue weighted by Crippen LogP contribution is -3.00. The highest BCUT2D eigenvalue weighted by Crippen LogP contribution is 2.19. The Morgan fingerprint density at radius 2 is 1.88 bits per heavy atom. The average Bonchev–Trinajstić information content (AvgIpc) is 2.73. The highest BCUT2D eigenvalue weighted by Gasteiger charge is 2.24. The van der Waals surface area contributed by atoms with E-state index in [1.165, 1.54) is 25.7 Å². The Balaban J connectivity index is 0. The highest BCUT2D eigenvalue weighted by atomic mass is 35.5. The van der Waals surface area contributed by atoms with Crippen LogP contribution in [-0.4, -0.2) is 56.5 Å². The molecule has 2 rings (SSSR count). The molecule has 5 N–H and O–H groups in total. The first-order chi connectivity index (χ1) is 14.4. The van der Waals surface area contributed by atoms with E-state index >= 15 is 0 Å². The van der Waals surface area contributed by atoms with Crippen molar-refractivity contribution in [2.24, 2.45) is 5.92 Å². The monoisotopic (exact) mass is 494 g/mol. The molecule has 0 radical (unpaired) electrons. The van der Waals surface area contributed by atoms with Crippen LogP contribution in [0.1, 0.15) is 58.9 Å². The van der Waals surface area contributed by atoms with Gasteiger partial charge in [0.15, 0.2) is 0 Å². The lowest BCUT2D eigenvalue weighted by atomic mass is 9.93. The molecule has 0 amide bonds. The van der Waals surface area contributed by atoms with Crippen LogP contribution in [0.3, 0.4) is 0 Å². The predicted molar refractivity (Wildman–Crippen MR) is 123 cm³/mol. The number of carboxylic acid groups (broad SMARTS) is 1. The molecule has 0 spiro atoms. The first kappa shape index (κ1) is 30.6. The number of benzene rings is 1. The Hall–Kier alpha value is -1.39. The number of unbranched alkanes of at least 4 members (excludes halogenated alkanes) is 2. The van der Waals surface area contributed by atoms with Crippen molar-refractivity contribution in [1.82, 2.24) is 10.0 Å². The van der Waals surface area contributed by atoms with Crippen LogP contribution in [0.15, 0.2) is 24.3 Å². The van der Waals surface area contributed by atoms with E-state index in [0.29, 0.717) is 13.0 Å². The van der Waals surface area contributed by atoms with Crippen molar-refractivity contribution < 1.29 is 42.4 Å². The molecule has 1 saturated heterocycles. The highest BCUT2D eigenvalue weighted by molar-refractivity contribution is 7.89. The molecule has 32 heavy (non-hydrogen) atoms. The van der Waals surface area contributed by atoms with Crippen LogP contribution in [0.5, 0.6) is 5.75 Å². The maximum Gasteiger partial charge on any atom is 1.00 e. The SMILES string of the molecule is CCCCS(=O)(=O)NC(Cc1ccc(OCCCCC2CCNCC2)cc1)C(=O)O.O.[Cl-].[H+]. The van der Waals surface area contributed by atoms with Gasteiger partial charge in [0.25, 0.3) is 0 Å². The molecule has 186 valence electrons. The number of carbonyl (C=O) groups is 1. The van der Waals surface area contributed by atoms with Gasteiger partial charge in [0.1, 0.15) is 11.8 Å². The average molecular weight is 495 g/mol. The van der Waals surface area contributed by atoms with Crippen molar-refractivity contribution in [3.63, 3.8) is 0 Å². The van der Waals surface area contributed by atoms with Gasteiger partial charge in [-0.3, -0.25) is 4.79 Å². The molecule has 1 aliphatic heterocycles. The Labute approximate surface area is 199 Å². The van der Waals surface area contributed by atoms with Crippen molar-refractivity contribution in [1.29, 1.82) is 0 Å². The number of sulfonamides is 1. The van der Waals surface area contributed by atoms with Gasteiger partial charge < -0.3 is 33.0 Å². The van der Waals surface area contributed by atoms with E-state index in [1.54, 1.807) is 12.1 Å². The summed E-state index contributed by atoms with van der Waals surface area (Å²) in [6.45, 7) is 4.83. The van der Waals surface area contributed by atoms with Crippen LogP contribution in [0.25, 0.3) is 0 Å². The Morgan fingerprint density at radius 1 is 1.22 bits per heavy atom. The lowest BCUT2D eigenvalue weighted by Gasteiger charge is -2.22. The zero-order valence-corrected chi connectivity index (χ0v) is 20.4. The minimum Gasteiger partial charge on any atom is -1.00 e. The van der Waals surface area contributed by atoms with Gasteiger partial charge in [-0.25, -0.2) is 13.1 Å². The second-order valence-corrected chi connectivity index (χ2v) is 9.94. The number of carboxylic acids is 1. The number of nitrogens with one attached hydrogen (secondary N) is 2. The third-order valence-electron chi connectivity index (χ3n) is 5.48. The molecule has 0 aliphatic carbocycles. The van der Waals surface area contributed by atoms with E-state index in [2.05, 4.69) is 10.0 Å². The minimum atomic E-state index is -3.60. The standard InChI is InChI=1S/C22H36N2O5S.ClH.H2O/c1-2-3-16-30(27,28)24-21(22(25)26)17-19-7-9-20(10-8-19)29-15-5-4-6-18-11-13-23-14-12-18;;/h7-10,18,21,23-24H,2-6,11-17H2,1H3,(H,25,26);1H;1H2. The molecule has 1 aromatic rings. The summed E-state index contributed by atoms with van der Waals surface area (Å²) in [6, 6.07) is 6.04. The fourth-order valence-corrected chi connectivity index (χ4v) is 5.05. The van der Waals surface area contributed by atoms with Crippen molar-refractivity contribution in [2.45, 2.75) is 64.3 Å². The number of rotatable bonds is 14. The van der Waals surface area contributed by atoms with E-state index < -0.39 is 22.0 Å². The molecule has 1 aliphatic rings. The number of piperidine rings is 1. The maximum atomic E-state index is 12.0. The second-order valence-electron chi connectivity index (χ2n) is 8.07. The number of halogens is 1. The number of hydrogen-bond donors (Lipinski definition) is 3. The Bertz CT molecular complexity index is 746. The summed E-state index contributed by atoms with van der Waals surface area (Å²) in [4.78, 5) is 11.5.